The van der Waals surface area contributed by atoms with Gasteiger partial charge >= 0.3 is 5.97 Å². The van der Waals surface area contributed by atoms with Gasteiger partial charge in [-0.3, -0.25) is 19.3 Å². The number of aliphatic carboxylic acids is 1. The molecule has 2 aliphatic heterocycles. The third kappa shape index (κ3) is 5.70. The number of hydrogen-bond donors (Lipinski definition) is 1. The molecule has 0 bridgehead atoms. The van der Waals surface area contributed by atoms with Gasteiger partial charge in [0.2, 0.25) is 5.91 Å². The van der Waals surface area contributed by atoms with Gasteiger partial charge in [-0.15, -0.1) is 0 Å². The summed E-state index contributed by atoms with van der Waals surface area (Å²) in [4.78, 5) is 51.1. The van der Waals surface area contributed by atoms with Crippen LogP contribution in [0.2, 0.25) is 0 Å². The molecule has 1 aromatic carbocycles. The average molecular weight is 560 g/mol. The molecular formula is C20H21IN2O7S. The Kier molecular flexibility index (Phi) is 7.81. The van der Waals surface area contributed by atoms with Crippen LogP contribution in [0.15, 0.2) is 17.0 Å². The lowest BCUT2D eigenvalue weighted by Crippen LogP contribution is -2.40. The van der Waals surface area contributed by atoms with Crippen molar-refractivity contribution in [3.63, 3.8) is 0 Å². The molecule has 0 aromatic heterocycles. The highest BCUT2D eigenvalue weighted by atomic mass is 127. The molecule has 0 aliphatic carbocycles. The van der Waals surface area contributed by atoms with Gasteiger partial charge in [-0.05, 0) is 77.9 Å². The first-order chi connectivity index (χ1) is 14.8. The summed E-state index contributed by atoms with van der Waals surface area (Å²) >= 11 is 2.77. The number of amides is 3. The van der Waals surface area contributed by atoms with E-state index in [1.165, 1.54) is 0 Å². The fraction of sp³-hybridized carbons (Fsp3) is 0.400. The third-order valence-corrected chi connectivity index (χ3v) is 6.30. The normalized spacial score (nSPS) is 17.5. The fourth-order valence-electron chi connectivity index (χ4n) is 3.20. The molecule has 2 saturated heterocycles. The first-order valence-electron chi connectivity index (χ1n) is 9.64. The van der Waals surface area contributed by atoms with Gasteiger partial charge in [-0.2, -0.15) is 0 Å². The molecular weight excluding hydrogens is 539 g/mol. The lowest BCUT2D eigenvalue weighted by Gasteiger charge is -2.18. The number of carboxylic acids is 1. The number of likely N-dealkylation sites (tertiary alicyclic amines) is 1. The molecule has 0 atom stereocenters. The minimum absolute atomic E-state index is 0.205. The van der Waals surface area contributed by atoms with Crippen LogP contribution in [-0.2, 0) is 14.4 Å². The van der Waals surface area contributed by atoms with E-state index < -0.39 is 23.7 Å². The molecule has 0 radical (unpaired) electrons. The van der Waals surface area contributed by atoms with E-state index in [9.17, 15) is 19.2 Å². The van der Waals surface area contributed by atoms with Crippen molar-refractivity contribution < 1.29 is 33.8 Å². The standard InChI is InChI=1S/C20H21IN2O7S/c1-2-29-14-8-12(7-13(21)18(14)30-11-17(25)26)9-15-19(27)23(20(28)31-15)10-16(24)22-5-3-4-6-22/h7-9H,2-6,10-11H2,1H3,(H,25,26)/b15-9-. The molecule has 2 aliphatic rings. The van der Waals surface area contributed by atoms with Crippen LogP contribution < -0.4 is 9.47 Å². The number of thioether (sulfide) groups is 1. The second-order valence-electron chi connectivity index (χ2n) is 6.80. The Morgan fingerprint density at radius 3 is 2.58 bits per heavy atom. The van der Waals surface area contributed by atoms with Gasteiger partial charge in [0, 0.05) is 13.1 Å². The molecule has 1 aromatic rings. The molecule has 0 saturated carbocycles. The van der Waals surface area contributed by atoms with Crippen LogP contribution >= 0.6 is 34.4 Å². The molecule has 11 heteroatoms. The van der Waals surface area contributed by atoms with Gasteiger partial charge in [0.05, 0.1) is 15.1 Å². The number of carboxylic acid groups (broad SMARTS) is 1. The van der Waals surface area contributed by atoms with Crippen molar-refractivity contribution in [3.05, 3.63) is 26.2 Å². The molecule has 2 heterocycles. The van der Waals surface area contributed by atoms with E-state index in [4.69, 9.17) is 14.6 Å². The van der Waals surface area contributed by atoms with Crippen LogP contribution in [0, 0.1) is 3.57 Å². The van der Waals surface area contributed by atoms with Crippen LogP contribution in [0.5, 0.6) is 11.5 Å². The van der Waals surface area contributed by atoms with Gasteiger partial charge in [-0.1, -0.05) is 0 Å². The number of rotatable bonds is 8. The van der Waals surface area contributed by atoms with E-state index in [1.807, 2.05) is 22.6 Å². The summed E-state index contributed by atoms with van der Waals surface area (Å²) in [7, 11) is 0. The van der Waals surface area contributed by atoms with Crippen LogP contribution in [0.4, 0.5) is 4.79 Å². The lowest BCUT2D eigenvalue weighted by molar-refractivity contribution is -0.139. The maximum atomic E-state index is 12.7. The van der Waals surface area contributed by atoms with Gasteiger partial charge in [0.15, 0.2) is 18.1 Å². The second kappa shape index (κ2) is 10.4. The van der Waals surface area contributed by atoms with Crippen molar-refractivity contribution in [1.82, 2.24) is 9.80 Å². The summed E-state index contributed by atoms with van der Waals surface area (Å²) in [5, 5.41) is 8.38. The van der Waals surface area contributed by atoms with Gasteiger partial charge < -0.3 is 19.5 Å². The molecule has 9 nitrogen and oxygen atoms in total. The number of halogens is 1. The van der Waals surface area contributed by atoms with Gasteiger partial charge in [0.25, 0.3) is 11.1 Å². The van der Waals surface area contributed by atoms with E-state index >= 15 is 0 Å². The summed E-state index contributed by atoms with van der Waals surface area (Å²) in [5.41, 5.74) is 0.590. The molecule has 0 unspecified atom stereocenters. The van der Waals surface area contributed by atoms with Crippen molar-refractivity contribution in [3.8, 4) is 11.5 Å². The quantitative estimate of drug-likeness (QED) is 0.382. The maximum Gasteiger partial charge on any atom is 0.341 e. The first kappa shape index (κ1) is 23.4. The highest BCUT2D eigenvalue weighted by molar-refractivity contribution is 14.1. The van der Waals surface area contributed by atoms with Crippen LogP contribution in [-0.4, -0.2) is 70.8 Å². The number of carbonyl (C=O) groups is 4. The fourth-order valence-corrected chi connectivity index (χ4v) is 4.82. The molecule has 2 fully saturated rings. The summed E-state index contributed by atoms with van der Waals surface area (Å²) in [5.74, 6) is -1.22. The summed E-state index contributed by atoms with van der Waals surface area (Å²) in [6.45, 7) is 2.64. The SMILES string of the molecule is CCOc1cc(/C=C2\SC(=O)N(CC(=O)N3CCCC3)C2=O)cc(I)c1OCC(=O)O. The van der Waals surface area contributed by atoms with E-state index in [0.29, 0.717) is 40.3 Å². The molecule has 3 rings (SSSR count). The molecule has 3 amide bonds. The van der Waals surface area contributed by atoms with Crippen LogP contribution in [0.1, 0.15) is 25.3 Å². The zero-order chi connectivity index (χ0) is 22.5. The summed E-state index contributed by atoms with van der Waals surface area (Å²) < 4.78 is 11.5. The monoisotopic (exact) mass is 560 g/mol. The highest BCUT2D eigenvalue weighted by Gasteiger charge is 2.37. The number of nitrogens with zero attached hydrogens (tertiary/aromatic N) is 2. The smallest absolute Gasteiger partial charge is 0.341 e. The Labute approximate surface area is 196 Å². The molecule has 31 heavy (non-hydrogen) atoms. The minimum Gasteiger partial charge on any atom is -0.490 e. The first-order valence-corrected chi connectivity index (χ1v) is 11.5. The number of carbonyl (C=O) groups excluding carboxylic acids is 3. The second-order valence-corrected chi connectivity index (χ2v) is 8.96. The predicted molar refractivity (Wildman–Crippen MR) is 122 cm³/mol. The summed E-state index contributed by atoms with van der Waals surface area (Å²) in [6.07, 6.45) is 3.41. The Morgan fingerprint density at radius 2 is 1.94 bits per heavy atom. The topological polar surface area (TPSA) is 113 Å². The number of ether oxygens (including phenoxy) is 2. The molecule has 0 spiro atoms. The van der Waals surface area contributed by atoms with E-state index in [2.05, 4.69) is 0 Å². The highest BCUT2D eigenvalue weighted by Crippen LogP contribution is 2.37. The summed E-state index contributed by atoms with van der Waals surface area (Å²) in [6, 6.07) is 3.32. The van der Waals surface area contributed by atoms with Crippen molar-refractivity contribution >= 4 is 63.5 Å². The molecule has 166 valence electrons. The lowest BCUT2D eigenvalue weighted by atomic mass is 10.2. The number of hydrogen-bond acceptors (Lipinski definition) is 7. The Morgan fingerprint density at radius 1 is 1.23 bits per heavy atom. The van der Waals surface area contributed by atoms with E-state index in [0.717, 1.165) is 29.5 Å². The average Bonchev–Trinajstić information content (AvgIpc) is 3.32. The van der Waals surface area contributed by atoms with Crippen LogP contribution in [0.25, 0.3) is 6.08 Å². The Bertz CT molecular complexity index is 944. The minimum atomic E-state index is -1.11. The van der Waals surface area contributed by atoms with Crippen LogP contribution in [0.3, 0.4) is 0 Å². The predicted octanol–water partition coefficient (Wildman–Crippen LogP) is 2.81. The van der Waals surface area contributed by atoms with Crippen molar-refractivity contribution in [2.75, 3.05) is 32.8 Å². The van der Waals surface area contributed by atoms with E-state index in [-0.39, 0.29) is 17.4 Å². The zero-order valence-electron chi connectivity index (χ0n) is 16.8. The van der Waals surface area contributed by atoms with Gasteiger partial charge in [0.1, 0.15) is 6.54 Å². The van der Waals surface area contributed by atoms with Gasteiger partial charge in [-0.25, -0.2) is 4.79 Å². The van der Waals surface area contributed by atoms with Crippen molar-refractivity contribution in [1.29, 1.82) is 0 Å². The Hall–Kier alpha value is -2.28. The Balaban J connectivity index is 1.80. The maximum absolute atomic E-state index is 12.7. The van der Waals surface area contributed by atoms with Crippen molar-refractivity contribution in [2.24, 2.45) is 0 Å². The molecule has 1 N–H and O–H groups in total. The largest absolute Gasteiger partial charge is 0.490 e. The number of imide groups is 1. The zero-order valence-corrected chi connectivity index (χ0v) is 19.7. The number of benzene rings is 1. The van der Waals surface area contributed by atoms with Crippen molar-refractivity contribution in [2.45, 2.75) is 19.8 Å². The van der Waals surface area contributed by atoms with E-state index in [1.54, 1.807) is 30.0 Å². The third-order valence-electron chi connectivity index (χ3n) is 4.60.